The van der Waals surface area contributed by atoms with E-state index in [9.17, 15) is 0 Å². The van der Waals surface area contributed by atoms with E-state index in [1.807, 2.05) is 18.3 Å². The van der Waals surface area contributed by atoms with Crippen molar-refractivity contribution in [2.45, 2.75) is 43.9 Å². The zero-order valence-electron chi connectivity index (χ0n) is 17.1. The smallest absolute Gasteiger partial charge is 0.174 e. The molecule has 2 atom stereocenters. The van der Waals surface area contributed by atoms with Gasteiger partial charge in [-0.2, -0.15) is 0 Å². The van der Waals surface area contributed by atoms with Crippen molar-refractivity contribution >= 4 is 23.0 Å². The number of aryl methyl sites for hydroxylation is 1. The molecule has 0 amide bonds. The highest BCUT2D eigenvalue weighted by Gasteiger charge is 2.41. The minimum Gasteiger partial charge on any atom is -0.490 e. The van der Waals surface area contributed by atoms with Crippen molar-refractivity contribution in [2.75, 3.05) is 4.90 Å². The average Bonchev–Trinajstić information content (AvgIpc) is 3.50. The Kier molecular flexibility index (Phi) is 5.17. The van der Waals surface area contributed by atoms with Gasteiger partial charge in [0.15, 0.2) is 5.11 Å². The number of thiocarbonyl (C=S) groups is 1. The van der Waals surface area contributed by atoms with Crippen LogP contribution in [0.4, 0.5) is 5.69 Å². The summed E-state index contributed by atoms with van der Waals surface area (Å²) >= 11 is 5.79. The molecule has 154 valence electrons. The number of rotatable bonds is 5. The number of nitrogens with zero attached hydrogens (tertiary/aromatic N) is 3. The molecular weight excluding hydrogens is 392 g/mol. The minimum absolute atomic E-state index is 0.00833. The van der Waals surface area contributed by atoms with E-state index in [2.05, 4.69) is 75.5 Å². The topological polar surface area (TPSA) is 42.3 Å². The van der Waals surface area contributed by atoms with Crippen molar-refractivity contribution in [1.82, 2.24) is 14.9 Å². The molecule has 1 aliphatic heterocycles. The van der Waals surface area contributed by atoms with E-state index in [1.54, 1.807) is 0 Å². The molecule has 1 saturated heterocycles. The van der Waals surface area contributed by atoms with Gasteiger partial charge < -0.3 is 19.5 Å². The van der Waals surface area contributed by atoms with E-state index < -0.39 is 0 Å². The summed E-state index contributed by atoms with van der Waals surface area (Å²) in [7, 11) is 2.07. The molecule has 6 heteroatoms. The van der Waals surface area contributed by atoms with Gasteiger partial charge >= 0.3 is 0 Å². The van der Waals surface area contributed by atoms with Crippen molar-refractivity contribution in [2.24, 2.45) is 7.05 Å². The van der Waals surface area contributed by atoms with Crippen LogP contribution in [0.25, 0.3) is 0 Å². The van der Waals surface area contributed by atoms with Gasteiger partial charge in [-0.25, -0.2) is 0 Å². The Balaban J connectivity index is 1.48. The molecule has 1 aromatic carbocycles. The first-order chi connectivity index (χ1) is 14.7. The number of anilines is 1. The van der Waals surface area contributed by atoms with Crippen LogP contribution in [0, 0.1) is 0 Å². The second-order valence-corrected chi connectivity index (χ2v) is 8.45. The molecular formula is C24H26N4OS. The Hall–Kier alpha value is -2.86. The lowest BCUT2D eigenvalue weighted by molar-refractivity contribution is 0.210. The molecule has 2 aliphatic rings. The highest BCUT2D eigenvalue weighted by molar-refractivity contribution is 7.80. The van der Waals surface area contributed by atoms with Gasteiger partial charge in [0.1, 0.15) is 11.8 Å². The van der Waals surface area contributed by atoms with Crippen molar-refractivity contribution in [3.8, 4) is 5.75 Å². The van der Waals surface area contributed by atoms with Crippen LogP contribution in [-0.2, 0) is 7.05 Å². The average molecular weight is 419 g/mol. The van der Waals surface area contributed by atoms with E-state index >= 15 is 0 Å². The van der Waals surface area contributed by atoms with Gasteiger partial charge in [-0.1, -0.05) is 6.07 Å². The number of pyridine rings is 1. The maximum absolute atomic E-state index is 6.15. The summed E-state index contributed by atoms with van der Waals surface area (Å²) in [6.07, 6.45) is 9.11. The van der Waals surface area contributed by atoms with Crippen molar-refractivity contribution < 1.29 is 4.74 Å². The van der Waals surface area contributed by atoms with Gasteiger partial charge in [0.05, 0.1) is 17.8 Å². The van der Waals surface area contributed by atoms with Crippen molar-refractivity contribution in [3.05, 3.63) is 78.4 Å². The lowest BCUT2D eigenvalue weighted by atomic mass is 10.0. The summed E-state index contributed by atoms with van der Waals surface area (Å²) in [6, 6.07) is 18.6. The third-order valence-corrected chi connectivity index (χ3v) is 6.42. The van der Waals surface area contributed by atoms with Crippen LogP contribution in [0.1, 0.15) is 49.2 Å². The van der Waals surface area contributed by atoms with E-state index in [4.69, 9.17) is 17.0 Å². The maximum Gasteiger partial charge on any atom is 0.174 e. The van der Waals surface area contributed by atoms with Gasteiger partial charge in [0, 0.05) is 30.8 Å². The highest BCUT2D eigenvalue weighted by Crippen LogP contribution is 2.41. The molecule has 3 aromatic rings. The predicted molar refractivity (Wildman–Crippen MR) is 123 cm³/mol. The first kappa shape index (κ1) is 19.1. The zero-order valence-corrected chi connectivity index (χ0v) is 17.9. The lowest BCUT2D eigenvalue weighted by Gasteiger charge is -2.28. The fourth-order valence-corrected chi connectivity index (χ4v) is 4.94. The SMILES string of the molecule is Cn1cccc1[C@@H]1[C@@H](c2ccccn2)NC(=S)N1c1ccc(OC2CCCC2)cc1. The first-order valence-electron chi connectivity index (χ1n) is 10.6. The van der Waals surface area contributed by atoms with Gasteiger partial charge in [-0.15, -0.1) is 0 Å². The van der Waals surface area contributed by atoms with Gasteiger partial charge in [0.2, 0.25) is 0 Å². The quantitative estimate of drug-likeness (QED) is 0.596. The Morgan fingerprint density at radius 3 is 2.50 bits per heavy atom. The number of ether oxygens (including phenoxy) is 1. The van der Waals surface area contributed by atoms with Crippen LogP contribution in [0.3, 0.4) is 0 Å². The summed E-state index contributed by atoms with van der Waals surface area (Å²) in [5.74, 6) is 0.931. The highest BCUT2D eigenvalue weighted by atomic mass is 32.1. The van der Waals surface area contributed by atoms with Crippen LogP contribution >= 0.6 is 12.2 Å². The van der Waals surface area contributed by atoms with E-state index in [0.717, 1.165) is 30.0 Å². The van der Waals surface area contributed by atoms with Gasteiger partial charge in [0.25, 0.3) is 0 Å². The number of aromatic nitrogens is 2. The Bertz CT molecular complexity index is 1010. The van der Waals surface area contributed by atoms with Crippen molar-refractivity contribution in [3.63, 3.8) is 0 Å². The second-order valence-electron chi connectivity index (χ2n) is 8.06. The van der Waals surface area contributed by atoms with Crippen LogP contribution in [0.5, 0.6) is 5.75 Å². The van der Waals surface area contributed by atoms with Gasteiger partial charge in [-0.05, 0) is 86.4 Å². The molecule has 0 radical (unpaired) electrons. The van der Waals surface area contributed by atoms with Crippen LogP contribution < -0.4 is 15.0 Å². The molecule has 1 N–H and O–H groups in total. The summed E-state index contributed by atoms with van der Waals surface area (Å²) in [4.78, 5) is 6.80. The fraction of sp³-hybridized carbons (Fsp3) is 0.333. The summed E-state index contributed by atoms with van der Waals surface area (Å²) in [5.41, 5.74) is 3.22. The number of nitrogens with one attached hydrogen (secondary N) is 1. The molecule has 5 rings (SSSR count). The van der Waals surface area contributed by atoms with Crippen LogP contribution in [0.2, 0.25) is 0 Å². The molecule has 0 spiro atoms. The van der Waals surface area contributed by atoms with Crippen molar-refractivity contribution in [1.29, 1.82) is 0 Å². The molecule has 1 saturated carbocycles. The molecule has 0 bridgehead atoms. The predicted octanol–water partition coefficient (Wildman–Crippen LogP) is 4.92. The third-order valence-electron chi connectivity index (χ3n) is 6.10. The molecule has 5 nitrogen and oxygen atoms in total. The van der Waals surface area contributed by atoms with Crippen LogP contribution in [0.15, 0.2) is 67.0 Å². The molecule has 30 heavy (non-hydrogen) atoms. The van der Waals surface area contributed by atoms with E-state index in [1.165, 1.54) is 18.5 Å². The summed E-state index contributed by atoms with van der Waals surface area (Å²) < 4.78 is 8.30. The summed E-state index contributed by atoms with van der Waals surface area (Å²) in [5, 5.41) is 4.22. The molecule has 3 heterocycles. The minimum atomic E-state index is -0.0262. The number of hydrogen-bond acceptors (Lipinski definition) is 3. The third kappa shape index (κ3) is 3.56. The first-order valence-corrected chi connectivity index (χ1v) is 11.0. The van der Waals surface area contributed by atoms with E-state index in [-0.39, 0.29) is 12.1 Å². The lowest BCUT2D eigenvalue weighted by Crippen LogP contribution is -2.30. The zero-order chi connectivity index (χ0) is 20.5. The normalized spacial score (nSPS) is 21.8. The number of benzene rings is 1. The van der Waals surface area contributed by atoms with Gasteiger partial charge in [-0.3, -0.25) is 4.98 Å². The largest absolute Gasteiger partial charge is 0.490 e. The Labute approximate surface area is 182 Å². The van der Waals surface area contributed by atoms with E-state index in [0.29, 0.717) is 11.2 Å². The monoisotopic (exact) mass is 418 g/mol. The van der Waals surface area contributed by atoms with Crippen LogP contribution in [-0.4, -0.2) is 20.8 Å². The second kappa shape index (κ2) is 8.11. The molecule has 1 aliphatic carbocycles. The standard InChI is InChI=1S/C24H26N4OS/c1-27-16-6-10-21(27)23-22(20-9-4-5-15-25-20)26-24(30)28(23)17-11-13-19(14-12-17)29-18-7-2-3-8-18/h4-6,9-16,18,22-23H,2-3,7-8H2,1H3,(H,26,30)/t22-,23-/m1/s1. The Morgan fingerprint density at radius 2 is 1.83 bits per heavy atom. The Morgan fingerprint density at radius 1 is 1.03 bits per heavy atom. The summed E-state index contributed by atoms with van der Waals surface area (Å²) in [6.45, 7) is 0. The number of hydrogen-bond donors (Lipinski definition) is 1. The molecule has 2 aromatic heterocycles. The fourth-order valence-electron chi connectivity index (χ4n) is 4.60. The molecule has 0 unspecified atom stereocenters. The molecule has 2 fully saturated rings. The maximum atomic E-state index is 6.15.